The minimum Gasteiger partial charge on any atom is -0.494 e. The van der Waals surface area contributed by atoms with Gasteiger partial charge in [0.1, 0.15) is 23.6 Å². The van der Waals surface area contributed by atoms with Crippen LogP contribution in [0.1, 0.15) is 55.8 Å². The Morgan fingerprint density at radius 2 is 2.12 bits per heavy atom. The lowest BCUT2D eigenvalue weighted by atomic mass is 9.95. The van der Waals surface area contributed by atoms with Crippen LogP contribution in [-0.4, -0.2) is 37.5 Å². The zero-order valence-electron chi connectivity index (χ0n) is 19.1. The lowest BCUT2D eigenvalue weighted by molar-refractivity contribution is 0.416. The number of hydrogen-bond acceptors (Lipinski definition) is 6. The molecule has 0 radical (unpaired) electrons. The molecule has 1 fully saturated rings. The normalized spacial score (nSPS) is 19.3. The Balaban J connectivity index is 1.68. The van der Waals surface area contributed by atoms with Crippen molar-refractivity contribution in [2.45, 2.75) is 44.6 Å². The van der Waals surface area contributed by atoms with Crippen LogP contribution in [0.15, 0.2) is 51.6 Å². The van der Waals surface area contributed by atoms with Gasteiger partial charge in [-0.05, 0) is 62.8 Å². The summed E-state index contributed by atoms with van der Waals surface area (Å²) < 4.78 is 5.42. The van der Waals surface area contributed by atoms with Crippen LogP contribution in [0, 0.1) is 5.92 Å². The standard InChI is InChI=1S/C24H33N7O/c1-24(2,26)18-10-11-20(28-14-18)17-9-8-16(12-17)13-29-23(25)19-6-5-7-21(32-4)22(19)30-15-31-27-3/h5-7,10-11,14-17H,3,8-9,12-13,26H2,1-2,4H3,(H2,25,29)(H,30,31). The maximum Gasteiger partial charge on any atom is 0.145 e. The Hall–Kier alpha value is -3.26. The number of aromatic nitrogens is 1. The van der Waals surface area contributed by atoms with Crippen LogP contribution in [0.25, 0.3) is 0 Å². The molecule has 8 heteroatoms. The first kappa shape index (κ1) is 23.4. The highest BCUT2D eigenvalue weighted by molar-refractivity contribution is 6.03. The fraction of sp³-hybridized carbons (Fsp3) is 0.417. The summed E-state index contributed by atoms with van der Waals surface area (Å²) in [5.74, 6) is 1.97. The van der Waals surface area contributed by atoms with Crippen molar-refractivity contribution in [2.75, 3.05) is 13.7 Å². The fourth-order valence-corrected chi connectivity index (χ4v) is 4.01. The average molecular weight is 436 g/mol. The van der Waals surface area contributed by atoms with E-state index in [2.05, 4.69) is 44.3 Å². The predicted octanol–water partition coefficient (Wildman–Crippen LogP) is 3.44. The molecule has 0 spiro atoms. The van der Waals surface area contributed by atoms with Gasteiger partial charge in [0.25, 0.3) is 0 Å². The van der Waals surface area contributed by atoms with Crippen molar-refractivity contribution in [3.8, 4) is 5.75 Å². The van der Waals surface area contributed by atoms with Crippen molar-refractivity contribution in [3.63, 3.8) is 0 Å². The van der Waals surface area contributed by atoms with Gasteiger partial charge in [0.15, 0.2) is 0 Å². The number of nitrogens with zero attached hydrogens (tertiary/aromatic N) is 4. The highest BCUT2D eigenvalue weighted by atomic mass is 16.5. The van der Waals surface area contributed by atoms with Crippen LogP contribution >= 0.6 is 0 Å². The molecule has 0 saturated heterocycles. The van der Waals surface area contributed by atoms with Crippen molar-refractivity contribution in [2.24, 2.45) is 32.5 Å². The number of nitrogens with one attached hydrogen (secondary N) is 1. The summed E-state index contributed by atoms with van der Waals surface area (Å²) in [5.41, 5.74) is 18.2. The summed E-state index contributed by atoms with van der Waals surface area (Å²) in [5, 5.41) is 3.56. The number of pyridine rings is 1. The number of hydrazone groups is 1. The Morgan fingerprint density at radius 1 is 1.31 bits per heavy atom. The van der Waals surface area contributed by atoms with Crippen LogP contribution in [0.4, 0.5) is 5.69 Å². The second-order valence-corrected chi connectivity index (χ2v) is 8.70. The maximum absolute atomic E-state index is 6.35. The molecule has 2 atom stereocenters. The van der Waals surface area contributed by atoms with Gasteiger partial charge in [-0.25, -0.2) is 4.99 Å². The predicted molar refractivity (Wildman–Crippen MR) is 131 cm³/mol. The molecule has 0 aliphatic heterocycles. The molecule has 5 N–H and O–H groups in total. The molecule has 8 nitrogen and oxygen atoms in total. The van der Waals surface area contributed by atoms with Gasteiger partial charge in [0.2, 0.25) is 0 Å². The number of para-hydroxylation sites is 1. The van der Waals surface area contributed by atoms with Crippen molar-refractivity contribution >= 4 is 24.6 Å². The van der Waals surface area contributed by atoms with Crippen LogP contribution < -0.4 is 21.6 Å². The Labute approximate surface area is 189 Å². The number of rotatable bonds is 9. The minimum atomic E-state index is -0.378. The SMILES string of the molecule is C=NNC=Nc1c(OC)cccc1C(N)=NCC1CCC(c2ccc(C(C)(C)N)cn2)C1. The molecular formula is C24H33N7O. The summed E-state index contributed by atoms with van der Waals surface area (Å²) >= 11 is 0. The number of methoxy groups -OCH3 is 1. The number of nitrogens with two attached hydrogens (primary N) is 2. The van der Waals surface area contributed by atoms with Gasteiger partial charge in [-0.2, -0.15) is 5.10 Å². The van der Waals surface area contributed by atoms with Gasteiger partial charge < -0.3 is 16.2 Å². The van der Waals surface area contributed by atoms with Crippen molar-refractivity contribution < 1.29 is 4.74 Å². The van der Waals surface area contributed by atoms with Crippen LogP contribution in [0.2, 0.25) is 0 Å². The lowest BCUT2D eigenvalue weighted by Crippen LogP contribution is -2.28. The molecule has 1 aliphatic carbocycles. The van der Waals surface area contributed by atoms with Gasteiger partial charge in [-0.15, -0.1) is 0 Å². The average Bonchev–Trinajstić information content (AvgIpc) is 3.26. The van der Waals surface area contributed by atoms with E-state index in [0.717, 1.165) is 36.1 Å². The number of aliphatic imine (C=N–C) groups is 2. The molecule has 1 heterocycles. The summed E-state index contributed by atoms with van der Waals surface area (Å²) in [6.07, 6.45) is 6.60. The molecule has 1 aromatic carbocycles. The third-order valence-electron chi connectivity index (χ3n) is 5.85. The van der Waals surface area contributed by atoms with E-state index >= 15 is 0 Å². The summed E-state index contributed by atoms with van der Waals surface area (Å²) in [7, 11) is 1.60. The van der Waals surface area contributed by atoms with E-state index in [4.69, 9.17) is 16.2 Å². The minimum absolute atomic E-state index is 0.378. The number of amidine groups is 1. The van der Waals surface area contributed by atoms with Gasteiger partial charge in [0.05, 0.1) is 7.11 Å². The number of hydrogen-bond donors (Lipinski definition) is 3. The molecule has 1 saturated carbocycles. The second-order valence-electron chi connectivity index (χ2n) is 8.70. The second kappa shape index (κ2) is 10.4. The van der Waals surface area contributed by atoms with E-state index in [9.17, 15) is 0 Å². The molecule has 0 bridgehead atoms. The highest BCUT2D eigenvalue weighted by Gasteiger charge is 2.27. The fourth-order valence-electron chi connectivity index (χ4n) is 4.01. The molecule has 3 rings (SSSR count). The third kappa shape index (κ3) is 5.70. The summed E-state index contributed by atoms with van der Waals surface area (Å²) in [6, 6.07) is 9.79. The number of ether oxygens (including phenoxy) is 1. The van der Waals surface area contributed by atoms with E-state index in [1.54, 1.807) is 7.11 Å². The first-order valence-corrected chi connectivity index (χ1v) is 10.8. The molecule has 170 valence electrons. The van der Waals surface area contributed by atoms with Gasteiger partial charge in [-0.1, -0.05) is 12.1 Å². The van der Waals surface area contributed by atoms with E-state index in [1.807, 2.05) is 38.2 Å². The summed E-state index contributed by atoms with van der Waals surface area (Å²) in [4.78, 5) is 13.7. The maximum atomic E-state index is 6.35. The Bertz CT molecular complexity index is 977. The van der Waals surface area contributed by atoms with Gasteiger partial charge in [0, 0.05) is 42.2 Å². The Morgan fingerprint density at radius 3 is 2.78 bits per heavy atom. The molecular weight excluding hydrogens is 402 g/mol. The van der Waals surface area contributed by atoms with Gasteiger partial charge in [-0.3, -0.25) is 15.4 Å². The van der Waals surface area contributed by atoms with Crippen molar-refractivity contribution in [3.05, 3.63) is 53.3 Å². The van der Waals surface area contributed by atoms with Crippen LogP contribution in [0.3, 0.4) is 0 Å². The Kier molecular flexibility index (Phi) is 7.58. The van der Waals surface area contributed by atoms with E-state index in [-0.39, 0.29) is 5.54 Å². The lowest BCUT2D eigenvalue weighted by Gasteiger charge is -2.19. The highest BCUT2D eigenvalue weighted by Crippen LogP contribution is 2.38. The van der Waals surface area contributed by atoms with Crippen molar-refractivity contribution in [1.82, 2.24) is 10.4 Å². The molecule has 0 amide bonds. The first-order valence-electron chi connectivity index (χ1n) is 10.8. The van der Waals surface area contributed by atoms with E-state index in [0.29, 0.717) is 35.7 Å². The number of benzene rings is 1. The zero-order chi connectivity index (χ0) is 23.1. The van der Waals surface area contributed by atoms with E-state index < -0.39 is 0 Å². The zero-order valence-corrected chi connectivity index (χ0v) is 19.1. The van der Waals surface area contributed by atoms with Crippen molar-refractivity contribution in [1.29, 1.82) is 0 Å². The topological polar surface area (TPSA) is 123 Å². The third-order valence-corrected chi connectivity index (χ3v) is 5.85. The molecule has 1 aliphatic rings. The van der Waals surface area contributed by atoms with Crippen LogP contribution in [-0.2, 0) is 5.54 Å². The van der Waals surface area contributed by atoms with Crippen LogP contribution in [0.5, 0.6) is 5.75 Å². The quantitative estimate of drug-likeness (QED) is 0.316. The molecule has 1 aromatic heterocycles. The molecule has 2 aromatic rings. The smallest absolute Gasteiger partial charge is 0.145 e. The molecule has 32 heavy (non-hydrogen) atoms. The van der Waals surface area contributed by atoms with E-state index in [1.165, 1.54) is 6.34 Å². The van der Waals surface area contributed by atoms with Gasteiger partial charge >= 0.3 is 0 Å². The summed E-state index contributed by atoms with van der Waals surface area (Å²) in [6.45, 7) is 8.02. The largest absolute Gasteiger partial charge is 0.494 e. The molecule has 2 unspecified atom stereocenters. The monoisotopic (exact) mass is 435 g/mol. The first-order chi connectivity index (χ1) is 15.3.